The lowest BCUT2D eigenvalue weighted by Gasteiger charge is -2.09. The van der Waals surface area contributed by atoms with Crippen LogP contribution in [0.1, 0.15) is 10.4 Å². The summed E-state index contributed by atoms with van der Waals surface area (Å²) in [5.74, 6) is -1.70. The number of para-hydroxylation sites is 1. The number of halogens is 2. The summed E-state index contributed by atoms with van der Waals surface area (Å²) in [4.78, 5) is 23.4. The minimum Gasteiger partial charge on any atom is -0.481 e. The topological polar surface area (TPSA) is 64.6 Å². The molecule has 0 saturated heterocycles. The van der Waals surface area contributed by atoms with Gasteiger partial charge in [0.05, 0.1) is 17.7 Å². The highest BCUT2D eigenvalue weighted by atomic mass is 35.5. The van der Waals surface area contributed by atoms with Gasteiger partial charge in [0, 0.05) is 5.69 Å². The zero-order valence-electron chi connectivity index (χ0n) is 12.1. The van der Waals surface area contributed by atoms with E-state index >= 15 is 0 Å². The van der Waals surface area contributed by atoms with Crippen molar-refractivity contribution in [2.75, 3.05) is 19.0 Å². The Balaban J connectivity index is 2.00. The Morgan fingerprint density at radius 3 is 2.65 bits per heavy atom. The highest BCUT2D eigenvalue weighted by Crippen LogP contribution is 2.21. The van der Waals surface area contributed by atoms with Crippen LogP contribution in [0.2, 0.25) is 5.02 Å². The number of carbonyl (C=O) groups is 2. The van der Waals surface area contributed by atoms with Crippen molar-refractivity contribution in [3.8, 4) is 5.75 Å². The van der Waals surface area contributed by atoms with Crippen molar-refractivity contribution in [2.24, 2.45) is 0 Å². The van der Waals surface area contributed by atoms with Crippen LogP contribution >= 0.6 is 11.6 Å². The molecule has 1 N–H and O–H groups in total. The van der Waals surface area contributed by atoms with Gasteiger partial charge >= 0.3 is 5.97 Å². The summed E-state index contributed by atoms with van der Waals surface area (Å²) in [6, 6.07) is 10.1. The number of nitrogens with one attached hydrogen (secondary N) is 1. The van der Waals surface area contributed by atoms with Crippen molar-refractivity contribution < 1.29 is 23.5 Å². The van der Waals surface area contributed by atoms with Crippen LogP contribution in [0.15, 0.2) is 42.5 Å². The molecule has 2 aromatic carbocycles. The molecular formula is C16H13ClFNO4. The number of amides is 1. The lowest BCUT2D eigenvalue weighted by molar-refractivity contribution is -0.118. The van der Waals surface area contributed by atoms with Gasteiger partial charge in [-0.15, -0.1) is 0 Å². The molecule has 1 amide bonds. The normalized spacial score (nSPS) is 10.0. The molecule has 23 heavy (non-hydrogen) atoms. The first kappa shape index (κ1) is 16.8. The molecule has 0 saturated carbocycles. The van der Waals surface area contributed by atoms with Crippen molar-refractivity contribution in [2.45, 2.75) is 0 Å². The predicted molar refractivity (Wildman–Crippen MR) is 83.3 cm³/mol. The molecule has 0 aliphatic carbocycles. The zero-order valence-corrected chi connectivity index (χ0v) is 12.9. The number of methoxy groups -OCH3 is 1. The average molecular weight is 338 g/mol. The van der Waals surface area contributed by atoms with E-state index in [2.05, 4.69) is 10.1 Å². The van der Waals surface area contributed by atoms with E-state index in [1.54, 1.807) is 6.07 Å². The van der Waals surface area contributed by atoms with Crippen LogP contribution in [0.25, 0.3) is 0 Å². The Labute approximate surface area is 137 Å². The molecule has 2 aromatic rings. The van der Waals surface area contributed by atoms with E-state index in [0.717, 1.165) is 0 Å². The van der Waals surface area contributed by atoms with Crippen molar-refractivity contribution >= 4 is 29.2 Å². The highest BCUT2D eigenvalue weighted by Gasteiger charge is 2.13. The van der Waals surface area contributed by atoms with Gasteiger partial charge < -0.3 is 14.8 Å². The number of ether oxygens (including phenoxy) is 2. The summed E-state index contributed by atoms with van der Waals surface area (Å²) in [6.45, 7) is -0.378. The first-order valence-corrected chi connectivity index (χ1v) is 6.94. The van der Waals surface area contributed by atoms with Crippen LogP contribution in [0, 0.1) is 5.82 Å². The van der Waals surface area contributed by atoms with E-state index < -0.39 is 17.7 Å². The van der Waals surface area contributed by atoms with Crippen LogP contribution in [0.5, 0.6) is 5.75 Å². The molecular weight excluding hydrogens is 325 g/mol. The van der Waals surface area contributed by atoms with Gasteiger partial charge in [-0.25, -0.2) is 9.18 Å². The van der Waals surface area contributed by atoms with E-state index in [4.69, 9.17) is 16.3 Å². The molecule has 0 bridgehead atoms. The fourth-order valence-corrected chi connectivity index (χ4v) is 1.97. The second-order valence-electron chi connectivity index (χ2n) is 4.45. The molecule has 0 spiro atoms. The monoisotopic (exact) mass is 337 g/mol. The van der Waals surface area contributed by atoms with E-state index in [9.17, 15) is 14.0 Å². The van der Waals surface area contributed by atoms with E-state index in [1.807, 2.05) is 0 Å². The van der Waals surface area contributed by atoms with Gasteiger partial charge in [-0.3, -0.25) is 4.79 Å². The quantitative estimate of drug-likeness (QED) is 0.850. The maximum absolute atomic E-state index is 13.4. The summed E-state index contributed by atoms with van der Waals surface area (Å²) in [5.41, 5.74) is 0.471. The summed E-state index contributed by atoms with van der Waals surface area (Å²) in [5, 5.41) is 2.73. The molecule has 0 aromatic heterocycles. The molecule has 0 unspecified atom stereocenters. The van der Waals surface area contributed by atoms with Crippen molar-refractivity contribution in [3.05, 3.63) is 58.9 Å². The minimum atomic E-state index is -0.617. The first-order valence-electron chi connectivity index (χ1n) is 6.56. The van der Waals surface area contributed by atoms with Gasteiger partial charge in [0.1, 0.15) is 0 Å². The molecule has 0 heterocycles. The molecule has 5 nitrogen and oxygen atoms in total. The number of rotatable bonds is 5. The predicted octanol–water partition coefficient (Wildman–Crippen LogP) is 3.28. The summed E-state index contributed by atoms with van der Waals surface area (Å²) in [7, 11) is 1.23. The fraction of sp³-hybridized carbons (Fsp3) is 0.125. The van der Waals surface area contributed by atoms with Crippen LogP contribution in [0.4, 0.5) is 10.1 Å². The summed E-state index contributed by atoms with van der Waals surface area (Å²) in [6.07, 6.45) is 0. The number of hydrogen-bond acceptors (Lipinski definition) is 4. The SMILES string of the molecule is COC(=O)c1cc(NC(=O)COc2ccccc2F)ccc1Cl. The third-order valence-corrected chi connectivity index (χ3v) is 3.18. The molecule has 0 atom stereocenters. The highest BCUT2D eigenvalue weighted by molar-refractivity contribution is 6.33. The van der Waals surface area contributed by atoms with E-state index in [1.165, 1.54) is 43.5 Å². The Bertz CT molecular complexity index is 736. The Morgan fingerprint density at radius 2 is 1.96 bits per heavy atom. The standard InChI is InChI=1S/C16H13ClFNO4/c1-22-16(21)11-8-10(6-7-12(11)17)19-15(20)9-23-14-5-3-2-4-13(14)18/h2-8H,9H2,1H3,(H,19,20). The van der Waals surface area contributed by atoms with Gasteiger partial charge in [0.25, 0.3) is 5.91 Å². The van der Waals surface area contributed by atoms with E-state index in [-0.39, 0.29) is 22.9 Å². The van der Waals surface area contributed by atoms with Crippen LogP contribution in [-0.2, 0) is 9.53 Å². The van der Waals surface area contributed by atoms with Crippen molar-refractivity contribution in [1.82, 2.24) is 0 Å². The minimum absolute atomic E-state index is 0.0194. The Kier molecular flexibility index (Phi) is 5.54. The molecule has 0 fully saturated rings. The number of esters is 1. The number of benzene rings is 2. The number of anilines is 1. The second-order valence-corrected chi connectivity index (χ2v) is 4.86. The van der Waals surface area contributed by atoms with Crippen LogP contribution in [-0.4, -0.2) is 25.6 Å². The molecule has 120 valence electrons. The van der Waals surface area contributed by atoms with Gasteiger partial charge in [0.2, 0.25) is 0 Å². The molecule has 0 radical (unpaired) electrons. The van der Waals surface area contributed by atoms with Gasteiger partial charge in [-0.1, -0.05) is 23.7 Å². The van der Waals surface area contributed by atoms with Gasteiger partial charge in [0.15, 0.2) is 18.2 Å². The fourth-order valence-electron chi connectivity index (χ4n) is 1.77. The summed E-state index contributed by atoms with van der Waals surface area (Å²) < 4.78 is 23.1. The van der Waals surface area contributed by atoms with Crippen molar-refractivity contribution in [3.63, 3.8) is 0 Å². The molecule has 2 rings (SSSR count). The Morgan fingerprint density at radius 1 is 1.22 bits per heavy atom. The maximum atomic E-state index is 13.4. The molecule has 0 aliphatic rings. The number of carbonyl (C=O) groups excluding carboxylic acids is 2. The maximum Gasteiger partial charge on any atom is 0.339 e. The zero-order chi connectivity index (χ0) is 16.8. The lowest BCUT2D eigenvalue weighted by Crippen LogP contribution is -2.20. The van der Waals surface area contributed by atoms with Crippen LogP contribution in [0.3, 0.4) is 0 Å². The van der Waals surface area contributed by atoms with Crippen molar-refractivity contribution in [1.29, 1.82) is 0 Å². The third-order valence-electron chi connectivity index (χ3n) is 2.85. The largest absolute Gasteiger partial charge is 0.481 e. The average Bonchev–Trinajstić information content (AvgIpc) is 2.55. The molecule has 0 aliphatic heterocycles. The Hall–Kier alpha value is -2.60. The summed E-state index contributed by atoms with van der Waals surface area (Å²) >= 11 is 5.89. The van der Waals surface area contributed by atoms with Crippen LogP contribution < -0.4 is 10.1 Å². The molecule has 7 heteroatoms. The first-order chi connectivity index (χ1) is 11.0. The van der Waals surface area contributed by atoms with Gasteiger partial charge in [-0.05, 0) is 30.3 Å². The third kappa shape index (κ3) is 4.43. The van der Waals surface area contributed by atoms with E-state index in [0.29, 0.717) is 5.69 Å². The smallest absolute Gasteiger partial charge is 0.339 e. The van der Waals surface area contributed by atoms with Gasteiger partial charge in [-0.2, -0.15) is 0 Å². The number of hydrogen-bond donors (Lipinski definition) is 1. The second kappa shape index (κ2) is 7.60. The lowest BCUT2D eigenvalue weighted by atomic mass is 10.2.